The minimum absolute atomic E-state index is 0.0272. The van der Waals surface area contributed by atoms with E-state index in [4.69, 9.17) is 18.9 Å². The Kier molecular flexibility index (Phi) is 16.1. The maximum absolute atomic E-state index is 11.8. The van der Waals surface area contributed by atoms with Crippen molar-refractivity contribution >= 4 is 11.9 Å². The number of esters is 2. The molecule has 1 fully saturated rings. The summed E-state index contributed by atoms with van der Waals surface area (Å²) in [5.41, 5.74) is 0. The van der Waals surface area contributed by atoms with Gasteiger partial charge < -0.3 is 24.1 Å². The van der Waals surface area contributed by atoms with Crippen LogP contribution in [0.2, 0.25) is 0 Å². The van der Waals surface area contributed by atoms with Gasteiger partial charge in [0.05, 0.1) is 32.0 Å². The summed E-state index contributed by atoms with van der Waals surface area (Å²) in [6, 6.07) is 0. The molecule has 0 aromatic carbocycles. The van der Waals surface area contributed by atoms with Crippen LogP contribution in [0.15, 0.2) is 12.2 Å². The number of unbranched alkanes of at least 4 members (excludes halogenated alkanes) is 3. The molecule has 1 aliphatic carbocycles. The first-order valence-electron chi connectivity index (χ1n) is 12.8. The molecule has 0 aliphatic heterocycles. The summed E-state index contributed by atoms with van der Waals surface area (Å²) in [5.74, 6) is -0.371. The summed E-state index contributed by atoms with van der Waals surface area (Å²) in [6.07, 6.45) is 10.4. The molecule has 0 radical (unpaired) electrons. The summed E-state index contributed by atoms with van der Waals surface area (Å²) in [4.78, 5) is 23.4. The van der Waals surface area contributed by atoms with Crippen LogP contribution < -0.4 is 0 Å². The number of hydrogen-bond donors (Lipinski definition) is 1. The predicted molar refractivity (Wildman–Crippen MR) is 128 cm³/mol. The minimum Gasteiger partial charge on any atom is -0.466 e. The number of carbonyl (C=O) groups is 2. The summed E-state index contributed by atoms with van der Waals surface area (Å²) >= 11 is 0. The Morgan fingerprint density at radius 2 is 1.82 bits per heavy atom. The smallest absolute Gasteiger partial charge is 0.305 e. The summed E-state index contributed by atoms with van der Waals surface area (Å²) in [6.45, 7) is 9.36. The third-order valence-corrected chi connectivity index (χ3v) is 6.08. The molecule has 0 heterocycles. The van der Waals surface area contributed by atoms with Gasteiger partial charge in [-0.1, -0.05) is 44.8 Å². The lowest BCUT2D eigenvalue weighted by atomic mass is 9.87. The van der Waals surface area contributed by atoms with Crippen LogP contribution in [-0.2, 0) is 28.5 Å². The van der Waals surface area contributed by atoms with Gasteiger partial charge in [0.1, 0.15) is 6.10 Å². The van der Waals surface area contributed by atoms with Gasteiger partial charge in [-0.15, -0.1) is 0 Å². The normalized spacial score (nSPS) is 23.7. The van der Waals surface area contributed by atoms with E-state index in [1.54, 1.807) is 6.92 Å². The van der Waals surface area contributed by atoms with Crippen LogP contribution >= 0.6 is 0 Å². The Balaban J connectivity index is 2.84. The number of hydrogen-bond acceptors (Lipinski definition) is 7. The van der Waals surface area contributed by atoms with E-state index in [1.807, 2.05) is 13.0 Å². The lowest BCUT2D eigenvalue weighted by molar-refractivity contribution is -0.148. The van der Waals surface area contributed by atoms with Crippen molar-refractivity contribution in [1.29, 1.82) is 0 Å². The average Bonchev–Trinajstić information content (AvgIpc) is 3.08. The molecule has 7 heteroatoms. The van der Waals surface area contributed by atoms with Crippen molar-refractivity contribution in [3.05, 3.63) is 12.2 Å². The van der Waals surface area contributed by atoms with E-state index < -0.39 is 6.10 Å². The van der Waals surface area contributed by atoms with E-state index in [9.17, 15) is 14.7 Å². The van der Waals surface area contributed by atoms with Gasteiger partial charge in [-0.2, -0.15) is 0 Å². The van der Waals surface area contributed by atoms with E-state index >= 15 is 0 Å². The standard InChI is InChI=1S/C26H46O7/c1-5-8-9-12-21(28)15-16-23-22(13-10-11-14-26(29)31-7-3)25(33-20(4)27)19-24(23)32-18-17-30-6-2/h15-16,21-25,28H,5-14,17-19H2,1-4H3/b16-15+/t21-,22-,23-,24-,25+/m1/s1. The SMILES string of the molecule is CCCCC[C@@H](O)/C=C/[C@@H]1[C@@H](CCCCC(=O)OCC)[C@@H](OC(C)=O)C[C@H]1OCCOCC. The van der Waals surface area contributed by atoms with Crippen molar-refractivity contribution in [2.24, 2.45) is 11.8 Å². The first kappa shape index (κ1) is 29.6. The Bertz CT molecular complexity index is 563. The molecule has 0 bridgehead atoms. The van der Waals surface area contributed by atoms with Crippen molar-refractivity contribution in [2.45, 2.75) is 104 Å². The Hall–Kier alpha value is -1.44. The van der Waals surface area contributed by atoms with Crippen LogP contribution in [0.25, 0.3) is 0 Å². The van der Waals surface area contributed by atoms with Gasteiger partial charge in [0, 0.05) is 38.2 Å². The van der Waals surface area contributed by atoms with Crippen molar-refractivity contribution in [2.75, 3.05) is 26.4 Å². The van der Waals surface area contributed by atoms with Crippen LogP contribution in [-0.4, -0.2) is 61.8 Å². The van der Waals surface area contributed by atoms with Gasteiger partial charge in [0.2, 0.25) is 0 Å². The molecule has 0 spiro atoms. The van der Waals surface area contributed by atoms with Crippen LogP contribution in [0.1, 0.15) is 85.5 Å². The molecule has 0 amide bonds. The molecule has 1 saturated carbocycles. The molecule has 7 nitrogen and oxygen atoms in total. The van der Waals surface area contributed by atoms with Gasteiger partial charge >= 0.3 is 11.9 Å². The highest BCUT2D eigenvalue weighted by Gasteiger charge is 2.44. The second-order valence-corrected chi connectivity index (χ2v) is 8.73. The summed E-state index contributed by atoms with van der Waals surface area (Å²) in [7, 11) is 0. The van der Waals surface area contributed by atoms with Gasteiger partial charge in [-0.05, 0) is 33.1 Å². The maximum atomic E-state index is 11.8. The number of rotatable bonds is 18. The van der Waals surface area contributed by atoms with Crippen LogP contribution in [0.3, 0.4) is 0 Å². The van der Waals surface area contributed by atoms with Crippen molar-refractivity contribution in [3.8, 4) is 0 Å². The topological polar surface area (TPSA) is 91.3 Å². The molecule has 1 N–H and O–H groups in total. The van der Waals surface area contributed by atoms with E-state index in [-0.39, 0.29) is 36.0 Å². The summed E-state index contributed by atoms with van der Waals surface area (Å²) in [5, 5.41) is 10.4. The fourth-order valence-electron chi connectivity index (χ4n) is 4.50. The molecular formula is C26H46O7. The van der Waals surface area contributed by atoms with Gasteiger partial charge in [-0.3, -0.25) is 9.59 Å². The van der Waals surface area contributed by atoms with Gasteiger partial charge in [0.15, 0.2) is 0 Å². The zero-order valence-electron chi connectivity index (χ0n) is 21.1. The lowest BCUT2D eigenvalue weighted by Crippen LogP contribution is -2.25. The van der Waals surface area contributed by atoms with E-state index in [1.165, 1.54) is 6.92 Å². The number of aliphatic hydroxyl groups is 1. The van der Waals surface area contributed by atoms with Crippen LogP contribution in [0.5, 0.6) is 0 Å². The van der Waals surface area contributed by atoms with E-state index in [0.29, 0.717) is 39.3 Å². The van der Waals surface area contributed by atoms with E-state index in [2.05, 4.69) is 13.0 Å². The summed E-state index contributed by atoms with van der Waals surface area (Å²) < 4.78 is 22.2. The highest BCUT2D eigenvalue weighted by atomic mass is 16.6. The van der Waals surface area contributed by atoms with Crippen molar-refractivity contribution in [1.82, 2.24) is 0 Å². The van der Waals surface area contributed by atoms with E-state index in [0.717, 1.165) is 44.9 Å². The molecule has 33 heavy (non-hydrogen) atoms. The van der Waals surface area contributed by atoms with Crippen molar-refractivity contribution < 1.29 is 33.6 Å². The van der Waals surface area contributed by atoms with Crippen molar-refractivity contribution in [3.63, 3.8) is 0 Å². The molecular weight excluding hydrogens is 424 g/mol. The fourth-order valence-corrected chi connectivity index (χ4v) is 4.50. The first-order valence-corrected chi connectivity index (χ1v) is 12.8. The second kappa shape index (κ2) is 18.0. The number of ether oxygens (including phenoxy) is 4. The minimum atomic E-state index is -0.488. The highest BCUT2D eigenvalue weighted by molar-refractivity contribution is 5.69. The molecule has 0 aromatic heterocycles. The molecule has 0 aromatic rings. The zero-order valence-corrected chi connectivity index (χ0v) is 21.1. The molecule has 5 atom stereocenters. The Labute approximate surface area is 200 Å². The Morgan fingerprint density at radius 3 is 2.48 bits per heavy atom. The van der Waals surface area contributed by atoms with Crippen LogP contribution in [0.4, 0.5) is 0 Å². The number of aliphatic hydroxyl groups excluding tert-OH is 1. The molecule has 1 rings (SSSR count). The highest BCUT2D eigenvalue weighted by Crippen LogP contribution is 2.40. The predicted octanol–water partition coefficient (Wildman–Crippen LogP) is 4.60. The van der Waals surface area contributed by atoms with Gasteiger partial charge in [0.25, 0.3) is 0 Å². The second-order valence-electron chi connectivity index (χ2n) is 8.73. The largest absolute Gasteiger partial charge is 0.466 e. The molecule has 1 aliphatic rings. The molecule has 192 valence electrons. The molecule has 0 unspecified atom stereocenters. The quantitative estimate of drug-likeness (QED) is 0.178. The number of carbonyl (C=O) groups excluding carboxylic acids is 2. The third kappa shape index (κ3) is 12.6. The Morgan fingerprint density at radius 1 is 1.03 bits per heavy atom. The van der Waals surface area contributed by atoms with Crippen LogP contribution in [0, 0.1) is 11.8 Å². The third-order valence-electron chi connectivity index (χ3n) is 6.08. The average molecular weight is 471 g/mol. The van der Waals surface area contributed by atoms with Gasteiger partial charge in [-0.25, -0.2) is 0 Å². The first-order chi connectivity index (χ1) is 15.9. The maximum Gasteiger partial charge on any atom is 0.305 e. The lowest BCUT2D eigenvalue weighted by Gasteiger charge is -2.24. The zero-order chi connectivity index (χ0) is 24.5. The molecule has 0 saturated heterocycles. The monoisotopic (exact) mass is 470 g/mol. The fraction of sp³-hybridized carbons (Fsp3) is 0.846.